The van der Waals surface area contributed by atoms with Gasteiger partial charge in [-0.05, 0) is 11.6 Å². The zero-order valence-electron chi connectivity index (χ0n) is 6.96. The zero-order chi connectivity index (χ0) is 8.81. The Morgan fingerprint density at radius 2 is 2.58 bits per heavy atom. The van der Waals surface area contributed by atoms with Crippen LogP contribution < -0.4 is 5.32 Å². The molecule has 0 saturated carbocycles. The van der Waals surface area contributed by atoms with Crippen molar-refractivity contribution in [2.75, 3.05) is 13.7 Å². The van der Waals surface area contributed by atoms with Gasteiger partial charge in [0.2, 0.25) is 5.91 Å². The Balaban J connectivity index is 2.22. The Hall–Kier alpha value is -1.29. The number of methoxy groups -OCH3 is 1. The SMILES string of the molecule is COCC(=O)NCc1cc[nH]c1. The first kappa shape index (κ1) is 8.80. The van der Waals surface area contributed by atoms with Crippen LogP contribution in [0.2, 0.25) is 0 Å². The lowest BCUT2D eigenvalue weighted by molar-refractivity contribution is -0.124. The molecule has 1 rings (SSSR count). The molecule has 2 N–H and O–H groups in total. The topological polar surface area (TPSA) is 54.1 Å². The lowest BCUT2D eigenvalue weighted by atomic mass is 10.3. The number of aromatic amines is 1. The molecule has 0 aromatic carbocycles. The number of carbonyl (C=O) groups is 1. The number of ether oxygens (including phenoxy) is 1. The van der Waals surface area contributed by atoms with Gasteiger partial charge in [-0.3, -0.25) is 4.79 Å². The van der Waals surface area contributed by atoms with Gasteiger partial charge in [-0.1, -0.05) is 0 Å². The van der Waals surface area contributed by atoms with Crippen molar-refractivity contribution in [2.24, 2.45) is 0 Å². The van der Waals surface area contributed by atoms with Crippen molar-refractivity contribution < 1.29 is 9.53 Å². The Morgan fingerprint density at radius 1 is 1.75 bits per heavy atom. The summed E-state index contributed by atoms with van der Waals surface area (Å²) >= 11 is 0. The molecular formula is C8H12N2O2. The zero-order valence-corrected chi connectivity index (χ0v) is 6.96. The summed E-state index contributed by atoms with van der Waals surface area (Å²) in [6.45, 7) is 0.663. The second-order valence-electron chi connectivity index (χ2n) is 2.43. The molecule has 0 spiro atoms. The van der Waals surface area contributed by atoms with Gasteiger partial charge in [0.25, 0.3) is 0 Å². The number of hydrogen-bond acceptors (Lipinski definition) is 2. The summed E-state index contributed by atoms with van der Waals surface area (Å²) < 4.78 is 4.65. The maximum atomic E-state index is 10.9. The van der Waals surface area contributed by atoms with Crippen molar-refractivity contribution in [3.8, 4) is 0 Å². The van der Waals surface area contributed by atoms with Gasteiger partial charge >= 0.3 is 0 Å². The van der Waals surface area contributed by atoms with Crippen LogP contribution in [0.5, 0.6) is 0 Å². The van der Waals surface area contributed by atoms with E-state index >= 15 is 0 Å². The largest absolute Gasteiger partial charge is 0.375 e. The highest BCUT2D eigenvalue weighted by Crippen LogP contribution is 1.94. The van der Waals surface area contributed by atoms with E-state index in [0.717, 1.165) is 5.56 Å². The van der Waals surface area contributed by atoms with E-state index in [1.807, 2.05) is 18.5 Å². The fraction of sp³-hybridized carbons (Fsp3) is 0.375. The molecule has 12 heavy (non-hydrogen) atoms. The molecule has 0 radical (unpaired) electrons. The smallest absolute Gasteiger partial charge is 0.246 e. The summed E-state index contributed by atoms with van der Waals surface area (Å²) in [7, 11) is 1.50. The standard InChI is InChI=1S/C8H12N2O2/c1-12-6-8(11)10-5-7-2-3-9-4-7/h2-4,9H,5-6H2,1H3,(H,10,11). The summed E-state index contributed by atoms with van der Waals surface area (Å²) in [5.74, 6) is -0.0984. The maximum Gasteiger partial charge on any atom is 0.246 e. The average Bonchev–Trinajstić information content (AvgIpc) is 2.53. The predicted octanol–water partition coefficient (Wildman–Crippen LogP) is 0.277. The number of H-pyrrole nitrogens is 1. The molecule has 0 saturated heterocycles. The molecule has 0 unspecified atom stereocenters. The van der Waals surface area contributed by atoms with Crippen LogP contribution in [0.1, 0.15) is 5.56 Å². The number of aromatic nitrogens is 1. The lowest BCUT2D eigenvalue weighted by Gasteiger charge is -2.01. The number of carbonyl (C=O) groups excluding carboxylic acids is 1. The van der Waals surface area contributed by atoms with Crippen molar-refractivity contribution >= 4 is 5.91 Å². The van der Waals surface area contributed by atoms with Crippen molar-refractivity contribution in [3.05, 3.63) is 24.0 Å². The highest BCUT2D eigenvalue weighted by molar-refractivity contribution is 5.77. The van der Waals surface area contributed by atoms with Gasteiger partial charge in [-0.25, -0.2) is 0 Å². The van der Waals surface area contributed by atoms with Crippen molar-refractivity contribution in [3.63, 3.8) is 0 Å². The van der Waals surface area contributed by atoms with Crippen LogP contribution in [0.15, 0.2) is 18.5 Å². The summed E-state index contributed by atoms with van der Waals surface area (Å²) in [4.78, 5) is 13.8. The number of amides is 1. The lowest BCUT2D eigenvalue weighted by Crippen LogP contribution is -2.26. The third-order valence-corrected chi connectivity index (χ3v) is 1.43. The molecular weight excluding hydrogens is 156 g/mol. The van der Waals surface area contributed by atoms with Crippen LogP contribution in [0, 0.1) is 0 Å². The van der Waals surface area contributed by atoms with Gasteiger partial charge in [-0.15, -0.1) is 0 Å². The fourth-order valence-corrected chi connectivity index (χ4v) is 0.851. The molecule has 0 aliphatic carbocycles. The third kappa shape index (κ3) is 2.75. The van der Waals surface area contributed by atoms with E-state index in [9.17, 15) is 4.79 Å². The first-order valence-corrected chi connectivity index (χ1v) is 3.70. The van der Waals surface area contributed by atoms with Gasteiger partial charge in [-0.2, -0.15) is 0 Å². The van der Waals surface area contributed by atoms with Crippen molar-refractivity contribution in [2.45, 2.75) is 6.54 Å². The van der Waals surface area contributed by atoms with Gasteiger partial charge in [0, 0.05) is 26.0 Å². The van der Waals surface area contributed by atoms with Gasteiger partial charge < -0.3 is 15.0 Å². The Labute approximate surface area is 70.9 Å². The van der Waals surface area contributed by atoms with Crippen LogP contribution in [-0.2, 0) is 16.1 Å². The molecule has 0 atom stereocenters. The minimum Gasteiger partial charge on any atom is -0.375 e. The molecule has 1 amide bonds. The maximum absolute atomic E-state index is 10.9. The molecule has 0 aliphatic rings. The van der Waals surface area contributed by atoms with Crippen LogP contribution in [0.25, 0.3) is 0 Å². The number of nitrogens with one attached hydrogen (secondary N) is 2. The number of rotatable bonds is 4. The molecule has 0 fully saturated rings. The average molecular weight is 168 g/mol. The molecule has 4 heteroatoms. The Kier molecular flexibility index (Phi) is 3.35. The van der Waals surface area contributed by atoms with Gasteiger partial charge in [0.05, 0.1) is 0 Å². The highest BCUT2D eigenvalue weighted by Gasteiger charge is 1.98. The van der Waals surface area contributed by atoms with E-state index in [4.69, 9.17) is 0 Å². The van der Waals surface area contributed by atoms with Crippen LogP contribution >= 0.6 is 0 Å². The van der Waals surface area contributed by atoms with Crippen LogP contribution in [0.4, 0.5) is 0 Å². The minimum absolute atomic E-state index is 0.0984. The summed E-state index contributed by atoms with van der Waals surface area (Å²) in [5, 5.41) is 2.70. The first-order valence-electron chi connectivity index (χ1n) is 3.70. The van der Waals surface area contributed by atoms with Crippen molar-refractivity contribution in [1.82, 2.24) is 10.3 Å². The normalized spacial score (nSPS) is 9.75. The Bertz CT molecular complexity index is 231. The van der Waals surface area contributed by atoms with Crippen molar-refractivity contribution in [1.29, 1.82) is 0 Å². The van der Waals surface area contributed by atoms with E-state index in [1.54, 1.807) is 0 Å². The van der Waals surface area contributed by atoms with E-state index in [0.29, 0.717) is 6.54 Å². The summed E-state index contributed by atoms with van der Waals surface area (Å²) in [5.41, 5.74) is 1.06. The minimum atomic E-state index is -0.0984. The van der Waals surface area contributed by atoms with Gasteiger partial charge in [0.15, 0.2) is 0 Å². The van der Waals surface area contributed by atoms with Crippen LogP contribution in [-0.4, -0.2) is 24.6 Å². The summed E-state index contributed by atoms with van der Waals surface area (Å²) in [6, 6.07) is 1.91. The third-order valence-electron chi connectivity index (χ3n) is 1.43. The molecule has 4 nitrogen and oxygen atoms in total. The quantitative estimate of drug-likeness (QED) is 0.678. The fourth-order valence-electron chi connectivity index (χ4n) is 0.851. The molecule has 1 aromatic heterocycles. The first-order chi connectivity index (χ1) is 5.83. The summed E-state index contributed by atoms with van der Waals surface area (Å²) in [6.07, 6.45) is 3.66. The van der Waals surface area contributed by atoms with E-state index in [1.165, 1.54) is 7.11 Å². The highest BCUT2D eigenvalue weighted by atomic mass is 16.5. The second-order valence-corrected chi connectivity index (χ2v) is 2.43. The van der Waals surface area contributed by atoms with Crippen LogP contribution in [0.3, 0.4) is 0 Å². The predicted molar refractivity (Wildman–Crippen MR) is 44.5 cm³/mol. The molecule has 0 bridgehead atoms. The van der Waals surface area contributed by atoms with E-state index in [2.05, 4.69) is 15.0 Å². The molecule has 1 heterocycles. The van der Waals surface area contributed by atoms with E-state index < -0.39 is 0 Å². The Morgan fingerprint density at radius 3 is 3.17 bits per heavy atom. The molecule has 1 aromatic rings. The molecule has 0 aliphatic heterocycles. The monoisotopic (exact) mass is 168 g/mol. The van der Waals surface area contributed by atoms with Gasteiger partial charge in [0.1, 0.15) is 6.61 Å². The van der Waals surface area contributed by atoms with E-state index in [-0.39, 0.29) is 12.5 Å². The molecule has 66 valence electrons. The second kappa shape index (κ2) is 4.56. The number of hydrogen-bond donors (Lipinski definition) is 2.